The minimum atomic E-state index is -2.79. The molecule has 53 heavy (non-hydrogen) atoms. The molecule has 18 heteroatoms. The first kappa shape index (κ1) is 37.5. The van der Waals surface area contributed by atoms with Gasteiger partial charge in [-0.05, 0) is 93.4 Å². The zero-order valence-electron chi connectivity index (χ0n) is 26.9. The maximum absolute atomic E-state index is 15.3. The third-order valence-electron chi connectivity index (χ3n) is 10.5. The number of phenolic OH excluding ortho intramolecular Hbond substituents is 1. The number of rotatable bonds is 5. The van der Waals surface area contributed by atoms with Gasteiger partial charge in [0.05, 0.1) is 29.1 Å². The van der Waals surface area contributed by atoms with Gasteiger partial charge in [0.15, 0.2) is 50.3 Å². The van der Waals surface area contributed by atoms with Crippen molar-refractivity contribution < 1.29 is 55.8 Å². The minimum absolute atomic E-state index is 0.00480. The molecule has 0 aromatic heterocycles. The number of ketones is 1. The third kappa shape index (κ3) is 4.87. The van der Waals surface area contributed by atoms with Crippen molar-refractivity contribution in [2.24, 2.45) is 17.8 Å². The van der Waals surface area contributed by atoms with Crippen LogP contribution < -0.4 is 14.5 Å². The molecule has 9 nitrogen and oxygen atoms in total. The fourth-order valence-electron chi connectivity index (χ4n) is 7.99. The quantitative estimate of drug-likeness (QED) is 0.0533. The zero-order chi connectivity index (χ0) is 38.8. The fourth-order valence-corrected chi connectivity index (χ4v) is 9.87. The Balaban J connectivity index is 1.45. The molecular weight excluding hydrogens is 886 g/mol. The summed E-state index contributed by atoms with van der Waals surface area (Å²) in [5, 5.41) is 10.7. The number of carbonyl (C=O) groups excluding carboxylic acids is 5. The number of amides is 4. The van der Waals surface area contributed by atoms with Crippen LogP contribution in [0.1, 0.15) is 41.6 Å². The predicted molar refractivity (Wildman–Crippen MR) is 185 cm³/mol. The molecule has 3 fully saturated rings. The molecular formula is C35H21Br2Cl2F5N2O7. The number of phenols is 1. The van der Waals surface area contributed by atoms with E-state index in [2.05, 4.69) is 31.9 Å². The van der Waals surface area contributed by atoms with Crippen molar-refractivity contribution in [3.05, 3.63) is 91.1 Å². The van der Waals surface area contributed by atoms with Crippen LogP contribution in [-0.4, -0.2) is 51.4 Å². The summed E-state index contributed by atoms with van der Waals surface area (Å²) in [6, 6.07) is 6.91. The summed E-state index contributed by atoms with van der Waals surface area (Å²) in [6.07, 6.45) is 0.727. The first-order chi connectivity index (χ1) is 24.8. The summed E-state index contributed by atoms with van der Waals surface area (Å²) in [4.78, 5) is 64.1. The average molecular weight is 907 g/mol. The number of fused-ring (bicyclic) bond motifs is 4. The number of carbonyl (C=O) groups is 5. The number of halogens is 9. The van der Waals surface area contributed by atoms with E-state index in [9.17, 15) is 42.3 Å². The molecule has 4 aliphatic rings. The van der Waals surface area contributed by atoms with Gasteiger partial charge in [-0.3, -0.25) is 28.9 Å². The number of aromatic hydroxyl groups is 1. The van der Waals surface area contributed by atoms with E-state index >= 15 is 8.78 Å². The second-order valence-electron chi connectivity index (χ2n) is 13.0. The largest absolute Gasteiger partial charge is 0.503 e. The van der Waals surface area contributed by atoms with E-state index in [0.717, 1.165) is 4.90 Å². The van der Waals surface area contributed by atoms with Crippen molar-refractivity contribution >= 4 is 95.8 Å². The molecule has 1 N–H and O–H groups in total. The molecule has 6 unspecified atom stereocenters. The van der Waals surface area contributed by atoms with Crippen LogP contribution in [0.2, 0.25) is 0 Å². The number of nitrogens with zero attached hydrogens (tertiary/aromatic N) is 2. The smallest absolute Gasteiger partial charge is 0.258 e. The number of hydrogen-bond donors (Lipinski definition) is 1. The standard InChI is InChI=1S/C35H21Br2Cl2F5N2O7/c1-11(47)12-3-5-13(6-4-12)45-30(49)15-8-7-14-17(19(15)31(45)50)10-34(38)32(51)46(28-26(43)24(41)23(40)25(42)27(28)44)33(52)35(34,39)20(14)16-9-18(53-2)29(48)22(37)21(16)36/h3-7,9,15,17,19-20,48H,8,10H2,1-2H3. The Bertz CT molecular complexity index is 2250. The van der Waals surface area contributed by atoms with E-state index < -0.39 is 104 Å². The highest BCUT2D eigenvalue weighted by Crippen LogP contribution is 2.67. The lowest BCUT2D eigenvalue weighted by atomic mass is 9.56. The second kappa shape index (κ2) is 12.6. The van der Waals surface area contributed by atoms with Crippen LogP contribution in [0.3, 0.4) is 0 Å². The second-order valence-corrected chi connectivity index (χ2v) is 15.8. The minimum Gasteiger partial charge on any atom is -0.503 e. The van der Waals surface area contributed by atoms with E-state index in [0.29, 0.717) is 5.56 Å². The molecule has 4 amide bonds. The number of allylic oxidation sites excluding steroid dienone is 2. The molecule has 1 saturated carbocycles. The first-order valence-corrected chi connectivity index (χ1v) is 17.9. The van der Waals surface area contributed by atoms with Gasteiger partial charge in [-0.1, -0.05) is 11.6 Å². The first-order valence-electron chi connectivity index (χ1n) is 15.6. The van der Waals surface area contributed by atoms with Crippen molar-refractivity contribution in [3.8, 4) is 11.5 Å². The van der Waals surface area contributed by atoms with Gasteiger partial charge in [-0.15, -0.1) is 23.2 Å². The van der Waals surface area contributed by atoms with E-state index in [1.54, 1.807) is 0 Å². The van der Waals surface area contributed by atoms with Crippen LogP contribution in [0.15, 0.2) is 50.9 Å². The summed E-state index contributed by atoms with van der Waals surface area (Å²) >= 11 is 21.0. The number of anilines is 2. The Morgan fingerprint density at radius 1 is 0.868 bits per heavy atom. The number of hydrogen-bond acceptors (Lipinski definition) is 7. The van der Waals surface area contributed by atoms with Gasteiger partial charge in [-0.25, -0.2) is 26.9 Å². The molecule has 6 atom stereocenters. The summed E-state index contributed by atoms with van der Waals surface area (Å²) < 4.78 is 79.1. The number of Topliss-reactive ketones (excluding diaryl/α,β-unsaturated/α-hetero) is 1. The molecule has 0 radical (unpaired) electrons. The highest BCUT2D eigenvalue weighted by atomic mass is 79.9. The monoisotopic (exact) mass is 904 g/mol. The highest BCUT2D eigenvalue weighted by Gasteiger charge is 2.77. The molecule has 276 valence electrons. The molecule has 2 saturated heterocycles. The van der Waals surface area contributed by atoms with Gasteiger partial charge >= 0.3 is 0 Å². The summed E-state index contributed by atoms with van der Waals surface area (Å²) in [5.41, 5.74) is -1.27. The normalized spacial score (nSPS) is 27.9. The van der Waals surface area contributed by atoms with Crippen LogP contribution in [0, 0.1) is 46.8 Å². The number of imide groups is 2. The van der Waals surface area contributed by atoms with Crippen molar-refractivity contribution in [3.63, 3.8) is 0 Å². The predicted octanol–water partition coefficient (Wildman–Crippen LogP) is 7.59. The number of ether oxygens (including phenoxy) is 1. The van der Waals surface area contributed by atoms with E-state index in [4.69, 9.17) is 27.9 Å². The molecule has 2 aliphatic carbocycles. The van der Waals surface area contributed by atoms with Gasteiger partial charge in [0.1, 0.15) is 5.69 Å². The lowest BCUT2D eigenvalue weighted by molar-refractivity contribution is -0.125. The number of alkyl halides is 2. The molecule has 3 aromatic carbocycles. The zero-order valence-corrected chi connectivity index (χ0v) is 31.6. The van der Waals surface area contributed by atoms with Crippen LogP contribution in [-0.2, 0) is 19.2 Å². The molecule has 0 spiro atoms. The van der Waals surface area contributed by atoms with Gasteiger partial charge in [-0.2, -0.15) is 0 Å². The Hall–Kier alpha value is -3.86. The molecule has 7 rings (SSSR count). The van der Waals surface area contributed by atoms with Crippen LogP contribution in [0.4, 0.5) is 33.3 Å². The van der Waals surface area contributed by atoms with Gasteiger partial charge in [0.2, 0.25) is 17.6 Å². The van der Waals surface area contributed by atoms with Crippen molar-refractivity contribution in [2.45, 2.75) is 35.4 Å². The molecule has 2 heterocycles. The Kier molecular flexibility index (Phi) is 8.90. The topological polar surface area (TPSA) is 121 Å². The average Bonchev–Trinajstić information content (AvgIpc) is 3.47. The summed E-state index contributed by atoms with van der Waals surface area (Å²) in [7, 11) is 1.20. The van der Waals surface area contributed by atoms with Gasteiger partial charge < -0.3 is 9.84 Å². The summed E-state index contributed by atoms with van der Waals surface area (Å²) in [6.45, 7) is 1.34. The van der Waals surface area contributed by atoms with E-state index in [1.165, 1.54) is 50.4 Å². The highest BCUT2D eigenvalue weighted by molar-refractivity contribution is 9.13. The Morgan fingerprint density at radius 2 is 1.45 bits per heavy atom. The van der Waals surface area contributed by atoms with Crippen molar-refractivity contribution in [1.29, 1.82) is 0 Å². The maximum Gasteiger partial charge on any atom is 0.258 e. The number of benzene rings is 3. The molecule has 0 bridgehead atoms. The Labute approximate surface area is 322 Å². The van der Waals surface area contributed by atoms with Crippen molar-refractivity contribution in [1.82, 2.24) is 0 Å². The Morgan fingerprint density at radius 3 is 2.02 bits per heavy atom. The lowest BCUT2D eigenvalue weighted by Crippen LogP contribution is -2.60. The van der Waals surface area contributed by atoms with E-state index in [1.807, 2.05) is 0 Å². The molecule has 3 aromatic rings. The SMILES string of the molecule is COc1cc(C2C3=CCC4C(=O)N(c5ccc(C(C)=O)cc5)C(=O)C4C3CC3(Cl)C(=O)N(c4c(F)c(F)c(F)c(F)c4F)C(=O)C23Cl)c(Br)c(Br)c1O. The summed E-state index contributed by atoms with van der Waals surface area (Å²) in [5.74, 6) is -23.1. The maximum atomic E-state index is 15.3. The number of methoxy groups -OCH3 is 1. The fraction of sp³-hybridized carbons (Fsp3) is 0.286. The van der Waals surface area contributed by atoms with Gasteiger partial charge in [0, 0.05) is 16.0 Å². The lowest BCUT2D eigenvalue weighted by Gasteiger charge is -2.51. The van der Waals surface area contributed by atoms with Crippen LogP contribution in [0.5, 0.6) is 11.5 Å². The molecule has 2 aliphatic heterocycles. The van der Waals surface area contributed by atoms with Crippen LogP contribution in [0.25, 0.3) is 0 Å². The van der Waals surface area contributed by atoms with Crippen LogP contribution >= 0.6 is 55.1 Å². The van der Waals surface area contributed by atoms with Crippen molar-refractivity contribution in [2.75, 3.05) is 16.9 Å². The van der Waals surface area contributed by atoms with E-state index in [-0.39, 0.29) is 48.6 Å². The third-order valence-corrected chi connectivity index (χ3v) is 14.0. The van der Waals surface area contributed by atoms with Gasteiger partial charge in [0.25, 0.3) is 11.8 Å².